The molecule has 1 unspecified atom stereocenters. The third kappa shape index (κ3) is 1.76. The van der Waals surface area contributed by atoms with E-state index in [9.17, 15) is 4.79 Å². The molecule has 0 aromatic carbocycles. The standard InChI is InChI=1S/C11H10O3/c12-11(9-5-1-3-7-13-9)10-6-2-4-8-14-10/h1-7,9H,8H2. The molecular formula is C11H10O3. The molecule has 0 aromatic heterocycles. The number of rotatable bonds is 2. The van der Waals surface area contributed by atoms with Crippen molar-refractivity contribution in [3.8, 4) is 0 Å². The molecule has 0 saturated heterocycles. The first kappa shape index (κ1) is 8.81. The van der Waals surface area contributed by atoms with Crippen LogP contribution in [0.15, 0.2) is 48.5 Å². The molecule has 2 rings (SSSR count). The zero-order valence-electron chi connectivity index (χ0n) is 7.55. The highest BCUT2D eigenvalue weighted by Gasteiger charge is 2.22. The number of allylic oxidation sites excluding steroid dienone is 4. The van der Waals surface area contributed by atoms with Crippen molar-refractivity contribution in [3.63, 3.8) is 0 Å². The summed E-state index contributed by atoms with van der Waals surface area (Å²) in [6.07, 6.45) is 11.5. The molecule has 2 aliphatic heterocycles. The van der Waals surface area contributed by atoms with E-state index in [0.717, 1.165) is 0 Å². The van der Waals surface area contributed by atoms with Gasteiger partial charge in [0.2, 0.25) is 5.78 Å². The third-order valence-corrected chi connectivity index (χ3v) is 1.92. The maximum Gasteiger partial charge on any atom is 0.241 e. The van der Waals surface area contributed by atoms with Gasteiger partial charge in [0.15, 0.2) is 11.9 Å². The van der Waals surface area contributed by atoms with Gasteiger partial charge in [-0.3, -0.25) is 4.79 Å². The van der Waals surface area contributed by atoms with Crippen LogP contribution in [0.2, 0.25) is 0 Å². The van der Waals surface area contributed by atoms with Gasteiger partial charge in [-0.2, -0.15) is 0 Å². The van der Waals surface area contributed by atoms with Crippen LogP contribution in [-0.2, 0) is 14.3 Å². The van der Waals surface area contributed by atoms with E-state index in [1.165, 1.54) is 6.26 Å². The Bertz CT molecular complexity index is 348. The zero-order valence-corrected chi connectivity index (χ0v) is 7.55. The molecule has 0 saturated carbocycles. The van der Waals surface area contributed by atoms with Gasteiger partial charge in [-0.15, -0.1) is 0 Å². The number of ether oxygens (including phenoxy) is 2. The Balaban J connectivity index is 2.07. The number of carbonyl (C=O) groups is 1. The second-order valence-electron chi connectivity index (χ2n) is 2.90. The van der Waals surface area contributed by atoms with Crippen molar-refractivity contribution in [1.82, 2.24) is 0 Å². The van der Waals surface area contributed by atoms with E-state index in [0.29, 0.717) is 12.4 Å². The van der Waals surface area contributed by atoms with E-state index < -0.39 is 6.10 Å². The molecular weight excluding hydrogens is 180 g/mol. The molecule has 3 heteroatoms. The molecule has 0 radical (unpaired) electrons. The summed E-state index contributed by atoms with van der Waals surface area (Å²) in [5.41, 5.74) is 0. The Kier molecular flexibility index (Phi) is 2.49. The second-order valence-corrected chi connectivity index (χ2v) is 2.90. The topological polar surface area (TPSA) is 35.5 Å². The summed E-state index contributed by atoms with van der Waals surface area (Å²) in [4.78, 5) is 11.7. The molecule has 72 valence electrons. The lowest BCUT2D eigenvalue weighted by Crippen LogP contribution is -2.24. The van der Waals surface area contributed by atoms with Crippen LogP contribution in [0.3, 0.4) is 0 Å². The fourth-order valence-corrected chi connectivity index (χ4v) is 1.23. The van der Waals surface area contributed by atoms with Gasteiger partial charge in [0.05, 0.1) is 6.26 Å². The quantitative estimate of drug-likeness (QED) is 0.661. The molecule has 3 nitrogen and oxygen atoms in total. The average molecular weight is 190 g/mol. The molecule has 0 fully saturated rings. The first-order chi connectivity index (χ1) is 6.88. The summed E-state index contributed by atoms with van der Waals surface area (Å²) < 4.78 is 10.3. The van der Waals surface area contributed by atoms with Crippen LogP contribution in [-0.4, -0.2) is 18.5 Å². The van der Waals surface area contributed by atoms with Crippen LogP contribution in [0.1, 0.15) is 0 Å². The van der Waals surface area contributed by atoms with Crippen molar-refractivity contribution in [1.29, 1.82) is 0 Å². The van der Waals surface area contributed by atoms with Crippen LogP contribution in [0.4, 0.5) is 0 Å². The SMILES string of the molecule is O=C(C1=CC=CCO1)C1C=CC=CO1. The fraction of sp³-hybridized carbons (Fsp3) is 0.182. The molecule has 2 heterocycles. The molecule has 0 bridgehead atoms. The van der Waals surface area contributed by atoms with Gasteiger partial charge in [-0.05, 0) is 24.3 Å². The molecule has 0 N–H and O–H groups in total. The van der Waals surface area contributed by atoms with Crippen LogP contribution < -0.4 is 0 Å². The van der Waals surface area contributed by atoms with E-state index in [-0.39, 0.29) is 5.78 Å². The summed E-state index contributed by atoms with van der Waals surface area (Å²) in [6.45, 7) is 0.448. The minimum absolute atomic E-state index is 0.144. The van der Waals surface area contributed by atoms with Gasteiger partial charge in [-0.25, -0.2) is 0 Å². The lowest BCUT2D eigenvalue weighted by molar-refractivity contribution is -0.125. The number of carbonyl (C=O) groups excluding carboxylic acids is 1. The summed E-state index contributed by atoms with van der Waals surface area (Å²) in [6, 6.07) is 0. The Morgan fingerprint density at radius 1 is 1.36 bits per heavy atom. The minimum atomic E-state index is -0.544. The molecule has 0 aromatic rings. The van der Waals surface area contributed by atoms with Crippen LogP contribution in [0.5, 0.6) is 0 Å². The third-order valence-electron chi connectivity index (χ3n) is 1.92. The van der Waals surface area contributed by atoms with E-state index in [4.69, 9.17) is 9.47 Å². The normalized spacial score (nSPS) is 23.7. The van der Waals surface area contributed by atoms with Crippen molar-refractivity contribution in [2.45, 2.75) is 6.10 Å². The van der Waals surface area contributed by atoms with Crippen molar-refractivity contribution in [2.24, 2.45) is 0 Å². The fourth-order valence-electron chi connectivity index (χ4n) is 1.23. The van der Waals surface area contributed by atoms with E-state index >= 15 is 0 Å². The predicted octanol–water partition coefficient (Wildman–Crippen LogP) is 1.49. The minimum Gasteiger partial charge on any atom is -0.486 e. The van der Waals surface area contributed by atoms with Crippen molar-refractivity contribution in [3.05, 3.63) is 48.5 Å². The van der Waals surface area contributed by atoms with Crippen LogP contribution >= 0.6 is 0 Å². The van der Waals surface area contributed by atoms with Gasteiger partial charge >= 0.3 is 0 Å². The molecule has 2 aliphatic rings. The molecule has 0 amide bonds. The van der Waals surface area contributed by atoms with E-state index in [2.05, 4.69) is 0 Å². The van der Waals surface area contributed by atoms with Gasteiger partial charge in [0.1, 0.15) is 6.61 Å². The highest BCUT2D eigenvalue weighted by molar-refractivity contribution is 5.98. The number of hydrogen-bond donors (Lipinski definition) is 0. The highest BCUT2D eigenvalue weighted by atomic mass is 16.5. The smallest absolute Gasteiger partial charge is 0.241 e. The summed E-state index contributed by atoms with van der Waals surface area (Å²) >= 11 is 0. The average Bonchev–Trinajstić information content (AvgIpc) is 2.30. The molecule has 1 atom stereocenters. The predicted molar refractivity (Wildman–Crippen MR) is 51.3 cm³/mol. The first-order valence-corrected chi connectivity index (χ1v) is 4.40. The monoisotopic (exact) mass is 190 g/mol. The van der Waals surface area contributed by atoms with E-state index in [1.807, 2.05) is 6.08 Å². The summed E-state index contributed by atoms with van der Waals surface area (Å²) in [5.74, 6) is 0.215. The van der Waals surface area contributed by atoms with Gasteiger partial charge < -0.3 is 9.47 Å². The highest BCUT2D eigenvalue weighted by Crippen LogP contribution is 2.12. The molecule has 14 heavy (non-hydrogen) atoms. The number of hydrogen-bond acceptors (Lipinski definition) is 3. The summed E-state index contributed by atoms with van der Waals surface area (Å²) in [5, 5.41) is 0. The number of Topliss-reactive ketones (excluding diaryl/α,β-unsaturated/α-hetero) is 1. The maximum absolute atomic E-state index is 11.7. The Hall–Kier alpha value is -1.77. The first-order valence-electron chi connectivity index (χ1n) is 4.40. The maximum atomic E-state index is 11.7. The molecule has 0 spiro atoms. The number of ketones is 1. The van der Waals surface area contributed by atoms with Gasteiger partial charge in [0.25, 0.3) is 0 Å². The lowest BCUT2D eigenvalue weighted by Gasteiger charge is -2.16. The Morgan fingerprint density at radius 3 is 2.93 bits per heavy atom. The lowest BCUT2D eigenvalue weighted by atomic mass is 10.1. The van der Waals surface area contributed by atoms with Crippen molar-refractivity contribution in [2.75, 3.05) is 6.61 Å². The second kappa shape index (κ2) is 3.96. The summed E-state index contributed by atoms with van der Waals surface area (Å²) in [7, 11) is 0. The largest absolute Gasteiger partial charge is 0.486 e. The Morgan fingerprint density at radius 2 is 2.29 bits per heavy atom. The van der Waals surface area contributed by atoms with Gasteiger partial charge in [0, 0.05) is 0 Å². The van der Waals surface area contributed by atoms with Gasteiger partial charge in [-0.1, -0.05) is 12.2 Å². The van der Waals surface area contributed by atoms with Crippen molar-refractivity contribution >= 4 is 5.78 Å². The molecule has 0 aliphatic carbocycles. The Labute approximate surface area is 82.0 Å². The van der Waals surface area contributed by atoms with Crippen LogP contribution in [0, 0.1) is 0 Å². The van der Waals surface area contributed by atoms with Crippen LogP contribution in [0.25, 0.3) is 0 Å². The zero-order chi connectivity index (χ0) is 9.80. The van der Waals surface area contributed by atoms with E-state index in [1.54, 1.807) is 30.4 Å². The van der Waals surface area contributed by atoms with Crippen molar-refractivity contribution < 1.29 is 14.3 Å².